The molecule has 3 aliphatic heterocycles. The van der Waals surface area contributed by atoms with Crippen molar-refractivity contribution in [3.63, 3.8) is 0 Å². The zero-order chi connectivity index (χ0) is 22.8. The summed E-state index contributed by atoms with van der Waals surface area (Å²) in [5.74, 6) is 0.182. The Labute approximate surface area is 193 Å². The number of hydrogen-bond acceptors (Lipinski definition) is 5. The van der Waals surface area contributed by atoms with E-state index in [4.69, 9.17) is 4.42 Å². The molecule has 33 heavy (non-hydrogen) atoms. The quantitative estimate of drug-likeness (QED) is 0.716. The highest BCUT2D eigenvalue weighted by atomic mass is 16.3. The van der Waals surface area contributed by atoms with Gasteiger partial charge < -0.3 is 24.0 Å². The Bertz CT molecular complexity index is 993. The summed E-state index contributed by atoms with van der Waals surface area (Å²) < 4.78 is 5.28. The van der Waals surface area contributed by atoms with Gasteiger partial charge in [0.2, 0.25) is 5.91 Å². The minimum Gasteiger partial charge on any atom is -0.459 e. The van der Waals surface area contributed by atoms with Crippen LogP contribution in [0.4, 0.5) is 5.69 Å². The van der Waals surface area contributed by atoms with E-state index in [1.807, 2.05) is 35.2 Å². The molecule has 8 nitrogen and oxygen atoms in total. The van der Waals surface area contributed by atoms with Gasteiger partial charge in [-0.2, -0.15) is 0 Å². The summed E-state index contributed by atoms with van der Waals surface area (Å²) in [5.41, 5.74) is 0.216. The van der Waals surface area contributed by atoms with Gasteiger partial charge >= 0.3 is 0 Å². The third-order valence-electron chi connectivity index (χ3n) is 7.23. The van der Waals surface area contributed by atoms with Gasteiger partial charge in [0.15, 0.2) is 5.76 Å². The van der Waals surface area contributed by atoms with Crippen LogP contribution >= 0.6 is 0 Å². The molecule has 0 saturated carbocycles. The first kappa shape index (κ1) is 21.6. The van der Waals surface area contributed by atoms with Crippen LogP contribution in [0, 0.1) is 0 Å². The number of hydrogen-bond donors (Lipinski definition) is 0. The monoisotopic (exact) mass is 450 g/mol. The van der Waals surface area contributed by atoms with E-state index in [1.165, 1.54) is 6.26 Å². The van der Waals surface area contributed by atoms with E-state index >= 15 is 0 Å². The fraction of sp³-hybridized carbons (Fsp3) is 0.480. The van der Waals surface area contributed by atoms with Crippen LogP contribution in [0.25, 0.3) is 0 Å². The van der Waals surface area contributed by atoms with Crippen molar-refractivity contribution >= 4 is 23.4 Å². The van der Waals surface area contributed by atoms with Gasteiger partial charge in [-0.3, -0.25) is 14.4 Å². The summed E-state index contributed by atoms with van der Waals surface area (Å²) in [7, 11) is 0. The maximum Gasteiger partial charge on any atom is 0.289 e. The second kappa shape index (κ2) is 8.92. The van der Waals surface area contributed by atoms with Crippen molar-refractivity contribution in [3.8, 4) is 0 Å². The SMILES string of the molecule is O=C(CN1CN(c2ccccc2)C2(CCN(C(=O)c3ccco3)CC2)C1=O)N1CCCCC1. The van der Waals surface area contributed by atoms with Crippen LogP contribution in [0.2, 0.25) is 0 Å². The van der Waals surface area contributed by atoms with Crippen molar-refractivity contribution in [2.45, 2.75) is 37.6 Å². The number of nitrogens with zero attached hydrogens (tertiary/aromatic N) is 4. The van der Waals surface area contributed by atoms with E-state index in [-0.39, 0.29) is 24.3 Å². The molecule has 1 spiro atoms. The van der Waals surface area contributed by atoms with Gasteiger partial charge in [0.05, 0.1) is 12.9 Å². The maximum absolute atomic E-state index is 13.8. The molecule has 0 atom stereocenters. The Kier molecular flexibility index (Phi) is 5.83. The van der Waals surface area contributed by atoms with Gasteiger partial charge in [-0.1, -0.05) is 18.2 Å². The predicted octanol–water partition coefficient (Wildman–Crippen LogP) is 2.57. The summed E-state index contributed by atoms with van der Waals surface area (Å²) in [6.45, 7) is 2.97. The van der Waals surface area contributed by atoms with Gasteiger partial charge in [-0.25, -0.2) is 0 Å². The minimum absolute atomic E-state index is 0.0122. The molecule has 174 valence electrons. The lowest BCUT2D eigenvalue weighted by atomic mass is 9.85. The molecule has 4 heterocycles. The zero-order valence-electron chi connectivity index (χ0n) is 18.8. The average molecular weight is 451 g/mol. The third kappa shape index (κ3) is 3.98. The first-order chi connectivity index (χ1) is 16.1. The van der Waals surface area contributed by atoms with Crippen LogP contribution < -0.4 is 4.90 Å². The van der Waals surface area contributed by atoms with E-state index in [2.05, 4.69) is 4.90 Å². The summed E-state index contributed by atoms with van der Waals surface area (Å²) >= 11 is 0. The number of amides is 3. The Morgan fingerprint density at radius 2 is 1.61 bits per heavy atom. The van der Waals surface area contributed by atoms with Crippen LogP contribution in [-0.2, 0) is 9.59 Å². The number of para-hydroxylation sites is 1. The van der Waals surface area contributed by atoms with Crippen LogP contribution in [0.15, 0.2) is 53.1 Å². The molecule has 5 rings (SSSR count). The van der Waals surface area contributed by atoms with E-state index in [0.717, 1.165) is 38.0 Å². The number of carbonyl (C=O) groups excluding carboxylic acids is 3. The molecule has 0 bridgehead atoms. The zero-order valence-corrected chi connectivity index (χ0v) is 18.8. The summed E-state index contributed by atoms with van der Waals surface area (Å²) in [5, 5.41) is 0. The first-order valence-electron chi connectivity index (χ1n) is 11.8. The second-order valence-electron chi connectivity index (χ2n) is 9.15. The Balaban J connectivity index is 1.35. The molecule has 3 amide bonds. The van der Waals surface area contributed by atoms with E-state index in [9.17, 15) is 14.4 Å². The van der Waals surface area contributed by atoms with Crippen molar-refractivity contribution in [1.29, 1.82) is 0 Å². The average Bonchev–Trinajstić information content (AvgIpc) is 3.49. The summed E-state index contributed by atoms with van der Waals surface area (Å²) in [4.78, 5) is 46.9. The molecule has 1 aromatic carbocycles. The third-order valence-corrected chi connectivity index (χ3v) is 7.23. The van der Waals surface area contributed by atoms with Gasteiger partial charge in [0, 0.05) is 31.9 Å². The maximum atomic E-state index is 13.8. The standard InChI is InChI=1S/C25H30N4O4/c30-22(26-13-5-2-6-14-26)18-28-19-29(20-8-3-1-4-9-20)25(24(28)32)11-15-27(16-12-25)23(31)21-10-7-17-33-21/h1,3-4,7-10,17H,2,5-6,11-16,18-19H2. The van der Waals surface area contributed by atoms with Crippen LogP contribution in [0.3, 0.4) is 0 Å². The number of carbonyl (C=O) groups is 3. The molecule has 0 unspecified atom stereocenters. The lowest BCUT2D eigenvalue weighted by Gasteiger charge is -2.43. The van der Waals surface area contributed by atoms with Gasteiger partial charge in [-0.15, -0.1) is 0 Å². The fourth-order valence-corrected chi connectivity index (χ4v) is 5.36. The van der Waals surface area contributed by atoms with Crippen LogP contribution in [0.1, 0.15) is 42.7 Å². The molecule has 3 saturated heterocycles. The normalized spacial score (nSPS) is 20.5. The van der Waals surface area contributed by atoms with Gasteiger partial charge in [0.25, 0.3) is 11.8 Å². The van der Waals surface area contributed by atoms with Gasteiger partial charge in [-0.05, 0) is 56.4 Å². The Hall–Kier alpha value is -3.29. The number of benzene rings is 1. The van der Waals surface area contributed by atoms with Gasteiger partial charge in [0.1, 0.15) is 12.1 Å². The number of piperidine rings is 2. The van der Waals surface area contributed by atoms with Crippen molar-refractivity contribution < 1.29 is 18.8 Å². The van der Waals surface area contributed by atoms with Crippen LogP contribution in [0.5, 0.6) is 0 Å². The van der Waals surface area contributed by atoms with Crippen molar-refractivity contribution in [2.75, 3.05) is 44.3 Å². The van der Waals surface area contributed by atoms with Crippen molar-refractivity contribution in [2.24, 2.45) is 0 Å². The lowest BCUT2D eigenvalue weighted by Crippen LogP contribution is -2.57. The molecule has 3 aliphatic rings. The molecule has 2 aromatic rings. The largest absolute Gasteiger partial charge is 0.459 e. The number of rotatable bonds is 4. The lowest BCUT2D eigenvalue weighted by molar-refractivity contribution is -0.141. The van der Waals surface area contributed by atoms with Crippen molar-refractivity contribution in [1.82, 2.24) is 14.7 Å². The Morgan fingerprint density at radius 1 is 0.879 bits per heavy atom. The predicted molar refractivity (Wildman–Crippen MR) is 123 cm³/mol. The second-order valence-corrected chi connectivity index (χ2v) is 9.15. The number of likely N-dealkylation sites (tertiary alicyclic amines) is 2. The fourth-order valence-electron chi connectivity index (χ4n) is 5.36. The minimum atomic E-state index is -0.747. The molecule has 0 aliphatic carbocycles. The molecule has 8 heteroatoms. The molecular weight excluding hydrogens is 420 g/mol. The topological polar surface area (TPSA) is 77.3 Å². The highest BCUT2D eigenvalue weighted by Crippen LogP contribution is 2.39. The molecular formula is C25H30N4O4. The van der Waals surface area contributed by atoms with E-state index in [1.54, 1.807) is 21.9 Å². The first-order valence-corrected chi connectivity index (χ1v) is 11.8. The Morgan fingerprint density at radius 3 is 2.27 bits per heavy atom. The van der Waals surface area contributed by atoms with Crippen LogP contribution in [-0.4, -0.2) is 77.4 Å². The van der Waals surface area contributed by atoms with E-state index in [0.29, 0.717) is 38.4 Å². The molecule has 1 aromatic heterocycles. The summed E-state index contributed by atoms with van der Waals surface area (Å²) in [6, 6.07) is 13.3. The smallest absolute Gasteiger partial charge is 0.289 e. The van der Waals surface area contributed by atoms with E-state index < -0.39 is 5.54 Å². The number of anilines is 1. The summed E-state index contributed by atoms with van der Waals surface area (Å²) in [6.07, 6.45) is 5.74. The molecule has 0 N–H and O–H groups in total. The molecule has 0 radical (unpaired) electrons. The number of furan rings is 1. The molecule has 3 fully saturated rings. The highest BCUT2D eigenvalue weighted by molar-refractivity contribution is 5.97. The van der Waals surface area contributed by atoms with Crippen molar-refractivity contribution in [3.05, 3.63) is 54.5 Å². The highest BCUT2D eigenvalue weighted by Gasteiger charge is 2.54.